The van der Waals surface area contributed by atoms with Crippen LogP contribution in [0, 0.1) is 0 Å². The molecular formula is C23H27ClN2O3. The molecule has 1 aliphatic heterocycles. The maximum atomic E-state index is 12.5. The second kappa shape index (κ2) is 9.79. The Hall–Kier alpha value is -2.53. The molecule has 154 valence electrons. The monoisotopic (exact) mass is 414 g/mol. The summed E-state index contributed by atoms with van der Waals surface area (Å²) < 4.78 is 5.66. The third kappa shape index (κ3) is 5.51. The lowest BCUT2D eigenvalue weighted by Crippen LogP contribution is -2.49. The van der Waals surface area contributed by atoms with Crippen molar-refractivity contribution in [3.05, 3.63) is 64.7 Å². The van der Waals surface area contributed by atoms with E-state index in [2.05, 4.69) is 19.2 Å². The number of nitrogens with zero attached hydrogens (tertiary/aromatic N) is 1. The number of hydrogen-bond acceptors (Lipinski definition) is 3. The molecule has 0 radical (unpaired) electrons. The Balaban J connectivity index is 1.51. The highest BCUT2D eigenvalue weighted by Gasteiger charge is 2.28. The fourth-order valence-corrected chi connectivity index (χ4v) is 3.96. The van der Waals surface area contributed by atoms with Crippen LogP contribution in [0.15, 0.2) is 48.5 Å². The highest BCUT2D eigenvalue weighted by molar-refractivity contribution is 6.31. The first-order valence-electron chi connectivity index (χ1n) is 10.0. The number of nitrogens with one attached hydrogen (secondary N) is 1. The first-order valence-corrected chi connectivity index (χ1v) is 10.4. The molecule has 2 aromatic carbocycles. The van der Waals surface area contributed by atoms with Crippen LogP contribution >= 0.6 is 11.6 Å². The van der Waals surface area contributed by atoms with E-state index in [0.29, 0.717) is 22.9 Å². The summed E-state index contributed by atoms with van der Waals surface area (Å²) in [6, 6.07) is 14.7. The number of hydrogen-bond donors (Lipinski definition) is 1. The Morgan fingerprint density at radius 3 is 2.38 bits per heavy atom. The third-order valence-corrected chi connectivity index (χ3v) is 5.73. The van der Waals surface area contributed by atoms with Crippen LogP contribution in [0.4, 0.5) is 0 Å². The van der Waals surface area contributed by atoms with Gasteiger partial charge in [-0.2, -0.15) is 0 Å². The van der Waals surface area contributed by atoms with Crippen LogP contribution in [0.5, 0.6) is 5.75 Å². The quantitative estimate of drug-likeness (QED) is 0.760. The SMILES string of the molecule is CC1CCCC(C)N1C(=O)COc1ccc(C(=O)NCc2ccccc2Cl)cc1. The lowest BCUT2D eigenvalue weighted by atomic mass is 9.97. The average Bonchev–Trinajstić information content (AvgIpc) is 2.71. The Labute approximate surface area is 177 Å². The lowest BCUT2D eigenvalue weighted by molar-refractivity contribution is -0.139. The maximum Gasteiger partial charge on any atom is 0.260 e. The molecule has 1 N–H and O–H groups in total. The largest absolute Gasteiger partial charge is 0.484 e. The topological polar surface area (TPSA) is 58.6 Å². The first kappa shape index (κ1) is 21.2. The van der Waals surface area contributed by atoms with Gasteiger partial charge in [-0.3, -0.25) is 9.59 Å². The van der Waals surface area contributed by atoms with Gasteiger partial charge < -0.3 is 15.0 Å². The van der Waals surface area contributed by atoms with Crippen molar-refractivity contribution in [2.45, 2.75) is 51.7 Å². The number of carbonyl (C=O) groups is 2. The van der Waals surface area contributed by atoms with E-state index in [1.165, 1.54) is 0 Å². The second-order valence-corrected chi connectivity index (χ2v) is 7.92. The first-order chi connectivity index (χ1) is 14.0. The number of amides is 2. The minimum atomic E-state index is -0.191. The van der Waals surface area contributed by atoms with Gasteiger partial charge in [0.15, 0.2) is 6.61 Å². The van der Waals surface area contributed by atoms with E-state index in [1.807, 2.05) is 23.1 Å². The fraction of sp³-hybridized carbons (Fsp3) is 0.391. The smallest absolute Gasteiger partial charge is 0.260 e. The van der Waals surface area contributed by atoms with Crippen molar-refractivity contribution in [1.82, 2.24) is 10.2 Å². The number of ether oxygens (including phenoxy) is 1. The number of likely N-dealkylation sites (tertiary alicyclic amines) is 1. The molecule has 0 aromatic heterocycles. The summed E-state index contributed by atoms with van der Waals surface area (Å²) in [4.78, 5) is 26.8. The molecule has 0 bridgehead atoms. The van der Waals surface area contributed by atoms with Gasteiger partial charge in [0.25, 0.3) is 11.8 Å². The zero-order valence-electron chi connectivity index (χ0n) is 16.9. The second-order valence-electron chi connectivity index (χ2n) is 7.52. The molecule has 2 atom stereocenters. The van der Waals surface area contributed by atoms with Gasteiger partial charge in [-0.05, 0) is 69.0 Å². The zero-order valence-corrected chi connectivity index (χ0v) is 17.6. The number of benzene rings is 2. The van der Waals surface area contributed by atoms with Crippen LogP contribution in [0.1, 0.15) is 49.0 Å². The van der Waals surface area contributed by atoms with Crippen LogP contribution in [0.2, 0.25) is 5.02 Å². The van der Waals surface area contributed by atoms with Gasteiger partial charge in [-0.25, -0.2) is 0 Å². The van der Waals surface area contributed by atoms with Gasteiger partial charge in [0.1, 0.15) is 5.75 Å². The van der Waals surface area contributed by atoms with Crippen LogP contribution in [0.3, 0.4) is 0 Å². The normalized spacial score (nSPS) is 18.9. The van der Waals surface area contributed by atoms with Crippen molar-refractivity contribution >= 4 is 23.4 Å². The minimum absolute atomic E-state index is 0.00580. The van der Waals surface area contributed by atoms with Gasteiger partial charge in [0, 0.05) is 29.2 Å². The van der Waals surface area contributed by atoms with Gasteiger partial charge >= 0.3 is 0 Å². The van der Waals surface area contributed by atoms with E-state index < -0.39 is 0 Å². The van der Waals surface area contributed by atoms with Crippen LogP contribution < -0.4 is 10.1 Å². The molecule has 0 aliphatic carbocycles. The molecule has 1 heterocycles. The van der Waals surface area contributed by atoms with Crippen molar-refractivity contribution in [2.24, 2.45) is 0 Å². The van der Waals surface area contributed by atoms with Crippen molar-refractivity contribution < 1.29 is 14.3 Å². The third-order valence-electron chi connectivity index (χ3n) is 5.36. The molecule has 5 nitrogen and oxygen atoms in total. The molecule has 2 amide bonds. The number of carbonyl (C=O) groups excluding carboxylic acids is 2. The van der Waals surface area contributed by atoms with E-state index in [-0.39, 0.29) is 30.5 Å². The van der Waals surface area contributed by atoms with Gasteiger partial charge in [-0.1, -0.05) is 29.8 Å². The van der Waals surface area contributed by atoms with Crippen molar-refractivity contribution in [1.29, 1.82) is 0 Å². The lowest BCUT2D eigenvalue weighted by Gasteiger charge is -2.38. The highest BCUT2D eigenvalue weighted by atomic mass is 35.5. The summed E-state index contributed by atoms with van der Waals surface area (Å²) >= 11 is 6.11. The molecule has 6 heteroatoms. The average molecular weight is 415 g/mol. The molecule has 0 saturated carbocycles. The molecule has 1 aliphatic rings. The zero-order chi connectivity index (χ0) is 20.8. The summed E-state index contributed by atoms with van der Waals surface area (Å²) in [6.07, 6.45) is 3.23. The Kier molecular flexibility index (Phi) is 7.15. The number of halogens is 1. The number of rotatable bonds is 6. The molecule has 1 fully saturated rings. The van der Waals surface area contributed by atoms with Crippen molar-refractivity contribution in [2.75, 3.05) is 6.61 Å². The minimum Gasteiger partial charge on any atom is -0.484 e. The van der Waals surface area contributed by atoms with Crippen LogP contribution in [-0.4, -0.2) is 35.4 Å². The van der Waals surface area contributed by atoms with Gasteiger partial charge in [-0.15, -0.1) is 0 Å². The summed E-state index contributed by atoms with van der Waals surface area (Å²) in [5.74, 6) is 0.382. The molecule has 1 saturated heterocycles. The summed E-state index contributed by atoms with van der Waals surface area (Å²) in [5.41, 5.74) is 1.39. The predicted molar refractivity (Wildman–Crippen MR) is 114 cm³/mol. The van der Waals surface area contributed by atoms with Gasteiger partial charge in [0.05, 0.1) is 0 Å². The predicted octanol–water partition coefficient (Wildman–Crippen LogP) is 4.44. The van der Waals surface area contributed by atoms with Crippen molar-refractivity contribution in [3.63, 3.8) is 0 Å². The van der Waals surface area contributed by atoms with E-state index in [4.69, 9.17) is 16.3 Å². The maximum absolute atomic E-state index is 12.5. The Bertz CT molecular complexity index is 843. The Morgan fingerprint density at radius 1 is 1.07 bits per heavy atom. The summed E-state index contributed by atoms with van der Waals surface area (Å²) in [7, 11) is 0. The van der Waals surface area contributed by atoms with Crippen LogP contribution in [0.25, 0.3) is 0 Å². The van der Waals surface area contributed by atoms with Crippen molar-refractivity contribution in [3.8, 4) is 5.75 Å². The molecule has 0 spiro atoms. The van der Waals surface area contributed by atoms with E-state index in [9.17, 15) is 9.59 Å². The fourth-order valence-electron chi connectivity index (χ4n) is 3.75. The van der Waals surface area contributed by atoms with Gasteiger partial charge in [0.2, 0.25) is 0 Å². The van der Waals surface area contributed by atoms with E-state index in [1.54, 1.807) is 30.3 Å². The molecule has 29 heavy (non-hydrogen) atoms. The number of piperidine rings is 1. The van der Waals surface area contributed by atoms with E-state index >= 15 is 0 Å². The molecular weight excluding hydrogens is 388 g/mol. The highest BCUT2D eigenvalue weighted by Crippen LogP contribution is 2.23. The Morgan fingerprint density at radius 2 is 1.72 bits per heavy atom. The molecule has 2 aromatic rings. The summed E-state index contributed by atoms with van der Waals surface area (Å²) in [5, 5.41) is 3.48. The molecule has 2 unspecified atom stereocenters. The van der Waals surface area contributed by atoms with Crippen LogP contribution in [-0.2, 0) is 11.3 Å². The standard InChI is InChI=1S/C23H27ClN2O3/c1-16-6-5-7-17(2)26(16)22(27)15-29-20-12-10-18(11-13-20)23(28)25-14-19-8-3-4-9-21(19)24/h3-4,8-13,16-17H,5-7,14-15H2,1-2H3,(H,25,28). The summed E-state index contributed by atoms with van der Waals surface area (Å²) in [6.45, 7) is 4.54. The molecule has 3 rings (SSSR count). The van der Waals surface area contributed by atoms with E-state index in [0.717, 1.165) is 24.8 Å².